The summed E-state index contributed by atoms with van der Waals surface area (Å²) in [4.78, 5) is 43.7. The Kier molecular flexibility index (Phi) is 13.6. The Balaban J connectivity index is 2.70. The lowest BCUT2D eigenvalue weighted by Crippen LogP contribution is -2.57. The lowest BCUT2D eigenvalue weighted by atomic mass is 9.93. The average Bonchev–Trinajstić information content (AvgIpc) is 2.93. The number of carbonyl (C=O) groups is 3. The second kappa shape index (κ2) is 16.1. The van der Waals surface area contributed by atoms with E-state index in [9.17, 15) is 14.4 Å². The van der Waals surface area contributed by atoms with Gasteiger partial charge in [0, 0.05) is 6.04 Å². The van der Waals surface area contributed by atoms with Crippen LogP contribution < -0.4 is 10.6 Å². The van der Waals surface area contributed by atoms with Gasteiger partial charge in [0.15, 0.2) is 0 Å². The van der Waals surface area contributed by atoms with Gasteiger partial charge in [0.2, 0.25) is 5.91 Å². The molecule has 238 valence electrons. The van der Waals surface area contributed by atoms with E-state index >= 15 is 0 Å². The summed E-state index contributed by atoms with van der Waals surface area (Å²) >= 11 is 6.52. The zero-order valence-electron chi connectivity index (χ0n) is 27.7. The maximum atomic E-state index is 14.7. The molecule has 8 heteroatoms. The third-order valence-corrected chi connectivity index (χ3v) is 8.06. The third-order valence-electron chi connectivity index (χ3n) is 7.74. The van der Waals surface area contributed by atoms with Crippen LogP contribution in [0.25, 0.3) is 0 Å². The van der Waals surface area contributed by atoms with Gasteiger partial charge in [-0.3, -0.25) is 9.59 Å². The monoisotopic (exact) mass is 613 g/mol. The number of para-hydroxylation sites is 1. The molecule has 2 aromatic carbocycles. The van der Waals surface area contributed by atoms with Gasteiger partial charge in [-0.15, -0.1) is 0 Å². The molecule has 0 heterocycles. The fourth-order valence-corrected chi connectivity index (χ4v) is 5.22. The smallest absolute Gasteiger partial charge is 0.408 e. The minimum Gasteiger partial charge on any atom is -0.444 e. The van der Waals surface area contributed by atoms with Crippen LogP contribution in [-0.2, 0) is 20.7 Å². The largest absolute Gasteiger partial charge is 0.444 e. The van der Waals surface area contributed by atoms with Crippen LogP contribution in [0, 0.1) is 18.8 Å². The molecule has 0 aliphatic rings. The normalized spacial score (nSPS) is 14.4. The highest BCUT2D eigenvalue weighted by Gasteiger charge is 2.40. The van der Waals surface area contributed by atoms with Crippen LogP contribution in [0.15, 0.2) is 42.5 Å². The van der Waals surface area contributed by atoms with E-state index in [1.165, 1.54) is 0 Å². The summed E-state index contributed by atoms with van der Waals surface area (Å²) in [6.07, 6.45) is 2.37. The molecule has 0 aliphatic heterocycles. The van der Waals surface area contributed by atoms with Gasteiger partial charge in [0.25, 0.3) is 5.91 Å². The molecule has 3 amide bonds. The van der Waals surface area contributed by atoms with Crippen molar-refractivity contribution < 1.29 is 19.1 Å². The zero-order valence-corrected chi connectivity index (χ0v) is 28.5. The molecule has 0 radical (unpaired) electrons. The van der Waals surface area contributed by atoms with E-state index < -0.39 is 23.8 Å². The molecule has 2 rings (SSSR count). The molecule has 2 aromatic rings. The number of hydrogen-bond donors (Lipinski definition) is 2. The number of nitrogens with zero attached hydrogens (tertiary/aromatic N) is 1. The van der Waals surface area contributed by atoms with Crippen LogP contribution in [0.1, 0.15) is 104 Å². The topological polar surface area (TPSA) is 87.7 Å². The first kappa shape index (κ1) is 36.1. The molecule has 2 N–H and O–H groups in total. The second-order valence-electron chi connectivity index (χ2n) is 13.0. The van der Waals surface area contributed by atoms with Crippen LogP contribution in [0.2, 0.25) is 5.02 Å². The van der Waals surface area contributed by atoms with Crippen molar-refractivity contribution in [2.45, 2.75) is 119 Å². The zero-order chi connectivity index (χ0) is 32.5. The summed E-state index contributed by atoms with van der Waals surface area (Å²) in [6.45, 7) is 19.4. The molecule has 4 atom stereocenters. The van der Waals surface area contributed by atoms with Crippen LogP contribution in [-0.4, -0.2) is 40.5 Å². The molecule has 0 aliphatic carbocycles. The van der Waals surface area contributed by atoms with Crippen LogP contribution in [0.4, 0.5) is 10.5 Å². The number of rotatable bonds is 13. The Labute approximate surface area is 264 Å². The van der Waals surface area contributed by atoms with Crippen LogP contribution >= 0.6 is 11.6 Å². The number of aryl methyl sites for hydroxylation is 2. The Morgan fingerprint density at radius 1 is 0.953 bits per heavy atom. The number of ether oxygens (including phenoxy) is 1. The van der Waals surface area contributed by atoms with E-state index in [0.717, 1.165) is 24.0 Å². The Bertz CT molecular complexity index is 1200. The van der Waals surface area contributed by atoms with Crippen LogP contribution in [0.3, 0.4) is 0 Å². The van der Waals surface area contributed by atoms with Crippen molar-refractivity contribution in [2.75, 3.05) is 5.32 Å². The number of hydrogen-bond acceptors (Lipinski definition) is 4. The van der Waals surface area contributed by atoms with Gasteiger partial charge in [0.1, 0.15) is 17.7 Å². The molecule has 0 spiro atoms. The Hall–Kier alpha value is -3.06. The fraction of sp³-hybridized carbons (Fsp3) is 0.571. The summed E-state index contributed by atoms with van der Waals surface area (Å²) in [5, 5.41) is 6.31. The van der Waals surface area contributed by atoms with E-state index in [1.54, 1.807) is 31.7 Å². The summed E-state index contributed by atoms with van der Waals surface area (Å²) in [5.41, 5.74) is 2.41. The van der Waals surface area contributed by atoms with Crippen molar-refractivity contribution in [2.24, 2.45) is 11.8 Å². The van der Waals surface area contributed by atoms with E-state index in [4.69, 9.17) is 16.3 Å². The van der Waals surface area contributed by atoms with Gasteiger partial charge in [-0.25, -0.2) is 4.79 Å². The molecular formula is C35H52ClN3O4. The van der Waals surface area contributed by atoms with Crippen molar-refractivity contribution in [3.05, 3.63) is 64.2 Å². The lowest BCUT2D eigenvalue weighted by molar-refractivity contribution is -0.144. The van der Waals surface area contributed by atoms with Gasteiger partial charge in [-0.2, -0.15) is 0 Å². The third kappa shape index (κ3) is 10.6. The van der Waals surface area contributed by atoms with E-state index in [0.29, 0.717) is 35.0 Å². The van der Waals surface area contributed by atoms with Gasteiger partial charge >= 0.3 is 6.09 Å². The quantitative estimate of drug-likeness (QED) is 0.237. The van der Waals surface area contributed by atoms with Gasteiger partial charge in [-0.1, -0.05) is 89.0 Å². The van der Waals surface area contributed by atoms with E-state index in [1.807, 2.05) is 64.1 Å². The predicted molar refractivity (Wildman–Crippen MR) is 176 cm³/mol. The highest BCUT2D eigenvalue weighted by atomic mass is 35.5. The number of halogens is 1. The molecule has 0 saturated carbocycles. The molecule has 43 heavy (non-hydrogen) atoms. The van der Waals surface area contributed by atoms with Crippen molar-refractivity contribution in [3.63, 3.8) is 0 Å². The number of nitrogens with one attached hydrogen (secondary N) is 2. The van der Waals surface area contributed by atoms with Crippen molar-refractivity contribution >= 4 is 35.2 Å². The van der Waals surface area contributed by atoms with Crippen molar-refractivity contribution in [1.29, 1.82) is 0 Å². The van der Waals surface area contributed by atoms with Crippen LogP contribution in [0.5, 0.6) is 0 Å². The number of alkyl carbamates (subject to hydrolysis) is 1. The number of carbonyl (C=O) groups excluding carboxylic acids is 3. The molecule has 0 saturated heterocycles. The minimum atomic E-state index is -0.969. The standard InChI is InChI=1S/C35H52ClN3O4/c1-11-23(5)30(38-34(42)43-35(8,9)10)33(41)39(25(7)17-16-22(3)4)31(27-20-18-26(12-2)19-21-27)32(40)37-29-24(6)14-13-15-28(29)36/h13-15,18-23,25,30-31H,11-12,16-17H2,1-10H3,(H,37,40)(H,38,42). The SMILES string of the molecule is CCc1ccc(C(C(=O)Nc2c(C)cccc2Cl)N(C(=O)C(NC(=O)OC(C)(C)C)C(C)CC)C(C)CCC(C)C)cc1. The maximum absolute atomic E-state index is 14.7. The van der Waals surface area contributed by atoms with Crippen molar-refractivity contribution in [1.82, 2.24) is 10.2 Å². The molecular weight excluding hydrogens is 562 g/mol. The first-order chi connectivity index (χ1) is 20.1. The second-order valence-corrected chi connectivity index (χ2v) is 13.4. The van der Waals surface area contributed by atoms with E-state index in [2.05, 4.69) is 31.4 Å². The Morgan fingerprint density at radius 3 is 2.09 bits per heavy atom. The summed E-state index contributed by atoms with van der Waals surface area (Å²) in [5.74, 6) is -0.499. The summed E-state index contributed by atoms with van der Waals surface area (Å²) in [7, 11) is 0. The highest BCUT2D eigenvalue weighted by Crippen LogP contribution is 2.32. The molecule has 0 fully saturated rings. The average molecular weight is 614 g/mol. The minimum absolute atomic E-state index is 0.211. The molecule has 4 unspecified atom stereocenters. The predicted octanol–water partition coefficient (Wildman–Crippen LogP) is 8.48. The summed E-state index contributed by atoms with van der Waals surface area (Å²) in [6, 6.07) is 11.1. The molecule has 0 bridgehead atoms. The van der Waals surface area contributed by atoms with Gasteiger partial charge < -0.3 is 20.3 Å². The molecule has 0 aromatic heterocycles. The van der Waals surface area contributed by atoms with Gasteiger partial charge in [0.05, 0.1) is 10.7 Å². The maximum Gasteiger partial charge on any atom is 0.408 e. The first-order valence-electron chi connectivity index (χ1n) is 15.6. The lowest BCUT2D eigenvalue weighted by Gasteiger charge is -2.40. The summed E-state index contributed by atoms with van der Waals surface area (Å²) < 4.78 is 5.54. The number of anilines is 1. The molecule has 7 nitrogen and oxygen atoms in total. The fourth-order valence-electron chi connectivity index (χ4n) is 4.95. The number of benzene rings is 2. The first-order valence-corrected chi connectivity index (χ1v) is 15.9. The Morgan fingerprint density at radius 2 is 1.58 bits per heavy atom. The highest BCUT2D eigenvalue weighted by molar-refractivity contribution is 6.34. The number of amides is 3. The van der Waals surface area contributed by atoms with E-state index in [-0.39, 0.29) is 23.8 Å². The van der Waals surface area contributed by atoms with Crippen molar-refractivity contribution in [3.8, 4) is 0 Å². The van der Waals surface area contributed by atoms with Gasteiger partial charge in [-0.05, 0) is 88.5 Å².